The molecule has 0 bridgehead atoms. The zero-order valence-corrected chi connectivity index (χ0v) is 29.9. The number of hydrogen-bond donors (Lipinski definition) is 6. The van der Waals surface area contributed by atoms with Gasteiger partial charge in [0, 0.05) is 69.2 Å². The number of piperidine rings is 1. The summed E-state index contributed by atoms with van der Waals surface area (Å²) in [6.07, 6.45) is 2.93. The molecule has 2 fully saturated rings. The van der Waals surface area contributed by atoms with E-state index in [2.05, 4.69) is 20.4 Å². The second-order valence-electron chi connectivity index (χ2n) is 13.5. The number of imide groups is 2. The first-order valence-electron chi connectivity index (χ1n) is 17.9. The molecule has 0 saturated carbocycles. The summed E-state index contributed by atoms with van der Waals surface area (Å²) in [5.74, 6) is -2.29. The van der Waals surface area contributed by atoms with Crippen molar-refractivity contribution in [1.29, 1.82) is 0 Å². The number of rotatable bonds is 14. The number of anilines is 1. The van der Waals surface area contributed by atoms with E-state index in [0.717, 1.165) is 10.5 Å². The maximum absolute atomic E-state index is 15.1. The second-order valence-corrected chi connectivity index (χ2v) is 13.5. The Morgan fingerprint density at radius 2 is 1.74 bits per heavy atom. The van der Waals surface area contributed by atoms with Gasteiger partial charge in [0.2, 0.25) is 11.8 Å². The zero-order chi connectivity index (χ0) is 38.4. The van der Waals surface area contributed by atoms with E-state index in [-0.39, 0.29) is 41.4 Å². The Morgan fingerprint density at radius 1 is 0.963 bits per heavy atom. The van der Waals surface area contributed by atoms with Crippen molar-refractivity contribution in [3.8, 4) is 5.75 Å². The Hall–Kier alpha value is -5.93. The number of piperazine rings is 1. The largest absolute Gasteiger partial charge is 0.507 e. The third kappa shape index (κ3) is 8.48. The second kappa shape index (κ2) is 16.8. The minimum Gasteiger partial charge on any atom is -0.507 e. The molecule has 0 aliphatic carbocycles. The number of para-hydroxylation sites is 1. The van der Waals surface area contributed by atoms with Crippen LogP contribution in [0.2, 0.25) is 0 Å². The van der Waals surface area contributed by atoms with E-state index in [1.165, 1.54) is 0 Å². The van der Waals surface area contributed by atoms with Gasteiger partial charge in [0.15, 0.2) is 0 Å². The number of amides is 4. The van der Waals surface area contributed by atoms with Crippen LogP contribution in [0.25, 0.3) is 5.70 Å². The first kappa shape index (κ1) is 37.8. The normalized spacial score (nSPS) is 17.8. The lowest BCUT2D eigenvalue weighted by molar-refractivity contribution is -0.136. The molecule has 1 unspecified atom stereocenters. The number of phenolic OH excluding ortho intramolecular Hbond substituents is 1. The molecular formula is C39H45FN8O6. The Balaban J connectivity index is 0.918. The number of carbonyl (C=O) groups excluding carboxylic acids is 4. The lowest BCUT2D eigenvalue weighted by Gasteiger charge is -2.37. The number of nitrogens with one attached hydrogen (secondary N) is 2. The van der Waals surface area contributed by atoms with Crippen LogP contribution in [0, 0.1) is 5.82 Å². The van der Waals surface area contributed by atoms with Crippen molar-refractivity contribution in [3.05, 3.63) is 112 Å². The molecule has 0 spiro atoms. The van der Waals surface area contributed by atoms with Crippen LogP contribution in [0.3, 0.4) is 0 Å². The number of allylic oxidation sites excluding steroid dienone is 1. The van der Waals surface area contributed by atoms with Crippen molar-refractivity contribution in [2.45, 2.75) is 38.3 Å². The van der Waals surface area contributed by atoms with Gasteiger partial charge >= 0.3 is 0 Å². The summed E-state index contributed by atoms with van der Waals surface area (Å²) >= 11 is 0. The lowest BCUT2D eigenvalue weighted by atomic mass is 10.0. The van der Waals surface area contributed by atoms with Crippen LogP contribution in [0.4, 0.5) is 10.1 Å². The molecule has 3 aliphatic heterocycles. The van der Waals surface area contributed by atoms with Crippen molar-refractivity contribution in [1.82, 2.24) is 20.0 Å². The fraction of sp³-hybridized carbons (Fsp3) is 0.333. The van der Waals surface area contributed by atoms with E-state index in [0.29, 0.717) is 93.5 Å². The molecule has 15 heteroatoms. The highest BCUT2D eigenvalue weighted by molar-refractivity contribution is 6.25. The molecule has 1 atom stereocenters. The average Bonchev–Trinajstić information content (AvgIpc) is 3.40. The van der Waals surface area contributed by atoms with Crippen LogP contribution >= 0.6 is 0 Å². The highest BCUT2D eigenvalue weighted by Gasteiger charge is 2.45. The number of aryl methyl sites for hydroxylation is 1. The monoisotopic (exact) mass is 740 g/mol. The van der Waals surface area contributed by atoms with Gasteiger partial charge in [0.25, 0.3) is 11.8 Å². The number of aromatic hydroxyl groups is 1. The molecule has 3 heterocycles. The summed E-state index contributed by atoms with van der Waals surface area (Å²) in [6, 6.07) is 16.0. The van der Waals surface area contributed by atoms with Crippen molar-refractivity contribution in [2.75, 3.05) is 51.3 Å². The summed E-state index contributed by atoms with van der Waals surface area (Å²) in [5, 5.41) is 15.5. The predicted molar refractivity (Wildman–Crippen MR) is 200 cm³/mol. The molecule has 54 heavy (non-hydrogen) atoms. The Kier molecular flexibility index (Phi) is 11.8. The third-order valence-electron chi connectivity index (χ3n) is 9.80. The van der Waals surface area contributed by atoms with Gasteiger partial charge in [-0.25, -0.2) is 4.39 Å². The number of hydrogen-bond acceptors (Lipinski definition) is 12. The molecule has 0 aromatic heterocycles. The number of phenols is 1. The summed E-state index contributed by atoms with van der Waals surface area (Å²) in [7, 11) is 0. The van der Waals surface area contributed by atoms with Crippen LogP contribution in [0.15, 0.2) is 78.3 Å². The molecule has 6 rings (SSSR count). The summed E-state index contributed by atoms with van der Waals surface area (Å²) in [4.78, 5) is 55.4. The molecule has 2 saturated heterocycles. The van der Waals surface area contributed by atoms with Gasteiger partial charge in [-0.05, 0) is 66.8 Å². The molecule has 9 N–H and O–H groups in total. The van der Waals surface area contributed by atoms with Gasteiger partial charge in [-0.3, -0.25) is 34.3 Å². The third-order valence-corrected chi connectivity index (χ3v) is 9.80. The maximum Gasteiger partial charge on any atom is 0.264 e. The first-order chi connectivity index (χ1) is 26.0. The Morgan fingerprint density at radius 3 is 2.46 bits per heavy atom. The number of carbonyl (C=O) groups is 4. The molecular weight excluding hydrogens is 695 g/mol. The van der Waals surface area contributed by atoms with Gasteiger partial charge in [0.05, 0.1) is 23.4 Å². The quantitative estimate of drug-likeness (QED) is 0.0799. The van der Waals surface area contributed by atoms with E-state index in [1.54, 1.807) is 54.6 Å². The maximum atomic E-state index is 15.1. The van der Waals surface area contributed by atoms with E-state index in [9.17, 15) is 24.3 Å². The van der Waals surface area contributed by atoms with E-state index < -0.39 is 29.7 Å². The molecule has 0 radical (unpaired) electrons. The van der Waals surface area contributed by atoms with Gasteiger partial charge in [-0.15, -0.1) is 0 Å². The standard InChI is InChI=1S/C39H45FN8O6/c40-28-21-24(23-46-15-17-47(18-16-46)32(36(42)43)22-29(41)26-6-1-2-9-33(26)49)10-11-25(28)5-4-19-54-20-14-44-30-8-3-7-27-35(30)39(53)48(38(27)52)31-12-13-34(50)45-37(31)51/h1-3,6-11,21-22,31,44,49H,4-5,12-20,23,41-43H2,(H,45,50,51)/b29-22-. The van der Waals surface area contributed by atoms with Crippen LogP contribution < -0.4 is 27.8 Å². The zero-order valence-electron chi connectivity index (χ0n) is 29.9. The van der Waals surface area contributed by atoms with Crippen molar-refractivity contribution in [2.24, 2.45) is 17.2 Å². The number of nitrogens with two attached hydrogens (primary N) is 3. The van der Waals surface area contributed by atoms with E-state index >= 15 is 4.39 Å². The van der Waals surface area contributed by atoms with Crippen LogP contribution in [0.1, 0.15) is 56.7 Å². The Labute approximate surface area is 312 Å². The molecule has 4 amide bonds. The number of nitrogens with zero attached hydrogens (tertiary/aromatic N) is 3. The van der Waals surface area contributed by atoms with Crippen molar-refractivity contribution < 1.29 is 33.4 Å². The van der Waals surface area contributed by atoms with Crippen LogP contribution in [0.5, 0.6) is 5.75 Å². The van der Waals surface area contributed by atoms with E-state index in [1.807, 2.05) is 12.1 Å². The van der Waals surface area contributed by atoms with Gasteiger partial charge in [0.1, 0.15) is 23.4 Å². The summed E-state index contributed by atoms with van der Waals surface area (Å²) in [6.45, 7) is 4.36. The van der Waals surface area contributed by atoms with Crippen LogP contribution in [-0.4, -0.2) is 95.4 Å². The summed E-state index contributed by atoms with van der Waals surface area (Å²) < 4.78 is 20.8. The molecule has 3 aromatic carbocycles. The van der Waals surface area contributed by atoms with E-state index in [4.69, 9.17) is 21.9 Å². The SMILES string of the molecule is NC(N)=C(/C=C(\N)c1ccccc1O)N1CCN(Cc2ccc(CCCOCCNc3cccc4c3C(=O)N(C3CCC(=O)NC3=O)C4=O)c(F)c2)CC1. The Bertz CT molecular complexity index is 1990. The molecule has 284 valence electrons. The topological polar surface area (TPSA) is 210 Å². The lowest BCUT2D eigenvalue weighted by Crippen LogP contribution is -2.54. The number of halogens is 1. The minimum absolute atomic E-state index is 0.0508. The fourth-order valence-electron chi connectivity index (χ4n) is 6.98. The minimum atomic E-state index is -1.03. The average molecular weight is 741 g/mol. The smallest absolute Gasteiger partial charge is 0.264 e. The van der Waals surface area contributed by atoms with Crippen LogP contribution in [-0.2, 0) is 27.3 Å². The van der Waals surface area contributed by atoms with Crippen molar-refractivity contribution >= 4 is 35.0 Å². The van der Waals surface area contributed by atoms with Gasteiger partial charge in [-0.2, -0.15) is 0 Å². The number of fused-ring (bicyclic) bond motifs is 1. The molecule has 3 aromatic rings. The van der Waals surface area contributed by atoms with Gasteiger partial charge in [-0.1, -0.05) is 30.3 Å². The highest BCUT2D eigenvalue weighted by atomic mass is 19.1. The fourth-order valence-corrected chi connectivity index (χ4v) is 6.98. The highest BCUT2D eigenvalue weighted by Crippen LogP contribution is 2.32. The predicted octanol–water partition coefficient (Wildman–Crippen LogP) is 2.20. The number of ether oxygens (including phenoxy) is 1. The number of benzene rings is 3. The summed E-state index contributed by atoms with van der Waals surface area (Å²) in [5.41, 5.74) is 22.1. The first-order valence-corrected chi connectivity index (χ1v) is 17.9. The van der Waals surface area contributed by atoms with Gasteiger partial charge < -0.3 is 37.3 Å². The van der Waals surface area contributed by atoms with Crippen molar-refractivity contribution in [3.63, 3.8) is 0 Å². The molecule has 14 nitrogen and oxygen atoms in total. The molecule has 3 aliphatic rings.